The molecule has 0 atom stereocenters. The van der Waals surface area contributed by atoms with E-state index in [1.54, 1.807) is 4.57 Å². The van der Waals surface area contributed by atoms with Crippen molar-refractivity contribution in [2.24, 2.45) is 11.7 Å². The molecule has 0 amide bonds. The molecule has 1 saturated carbocycles. The molecule has 0 bridgehead atoms. The molecule has 1 aromatic heterocycles. The fourth-order valence-electron chi connectivity index (χ4n) is 1.91. The Morgan fingerprint density at radius 3 is 2.82 bits per heavy atom. The Morgan fingerprint density at radius 1 is 1.59 bits per heavy atom. The van der Waals surface area contributed by atoms with E-state index < -0.39 is 10.0 Å². The first-order valence-electron chi connectivity index (χ1n) is 5.78. The van der Waals surface area contributed by atoms with Gasteiger partial charge in [-0.1, -0.05) is 0 Å². The lowest BCUT2D eigenvalue weighted by atomic mass is 9.81. The molecule has 1 heterocycles. The van der Waals surface area contributed by atoms with Gasteiger partial charge in [0.25, 0.3) is 10.0 Å². The first kappa shape index (κ1) is 12.5. The van der Waals surface area contributed by atoms with Gasteiger partial charge in [0.2, 0.25) is 0 Å². The normalized spacial score (nSPS) is 24.6. The molecule has 1 aliphatic carbocycles. The Morgan fingerprint density at radius 2 is 2.29 bits per heavy atom. The van der Waals surface area contributed by atoms with Gasteiger partial charge in [-0.15, -0.1) is 0 Å². The quantitative estimate of drug-likeness (QED) is 0.773. The molecule has 17 heavy (non-hydrogen) atoms. The first-order chi connectivity index (χ1) is 8.01. The summed E-state index contributed by atoms with van der Waals surface area (Å²) >= 11 is 0. The molecule has 1 aromatic rings. The summed E-state index contributed by atoms with van der Waals surface area (Å²) in [4.78, 5) is 3.88. The summed E-state index contributed by atoms with van der Waals surface area (Å²) in [6.07, 6.45) is 4.85. The SMILES string of the molecule is CCn1cnc(S(=O)(=O)NCC2CC(N)C2)c1. The molecule has 96 valence electrons. The molecule has 2 rings (SSSR count). The van der Waals surface area contributed by atoms with Crippen LogP contribution < -0.4 is 10.5 Å². The molecular weight excluding hydrogens is 240 g/mol. The second-order valence-corrected chi connectivity index (χ2v) is 6.21. The van der Waals surface area contributed by atoms with Crippen LogP contribution in [-0.4, -0.2) is 30.6 Å². The van der Waals surface area contributed by atoms with Crippen molar-refractivity contribution in [2.75, 3.05) is 6.54 Å². The Bertz CT molecular complexity index is 476. The number of nitrogens with zero attached hydrogens (tertiary/aromatic N) is 2. The van der Waals surface area contributed by atoms with Gasteiger partial charge < -0.3 is 10.3 Å². The molecule has 0 spiro atoms. The average Bonchev–Trinajstić information content (AvgIpc) is 2.72. The minimum absolute atomic E-state index is 0.0861. The molecule has 0 radical (unpaired) electrons. The number of hydrogen-bond acceptors (Lipinski definition) is 4. The van der Waals surface area contributed by atoms with Crippen LogP contribution >= 0.6 is 0 Å². The van der Waals surface area contributed by atoms with Crippen LogP contribution in [0.3, 0.4) is 0 Å². The second kappa shape index (κ2) is 4.75. The summed E-state index contributed by atoms with van der Waals surface area (Å²) in [7, 11) is -3.46. The zero-order chi connectivity index (χ0) is 12.5. The van der Waals surface area contributed by atoms with Gasteiger partial charge in [-0.25, -0.2) is 18.1 Å². The fourth-order valence-corrected chi connectivity index (χ4v) is 2.97. The van der Waals surface area contributed by atoms with Gasteiger partial charge in [0, 0.05) is 25.3 Å². The summed E-state index contributed by atoms with van der Waals surface area (Å²) in [5.74, 6) is 0.369. The van der Waals surface area contributed by atoms with Gasteiger partial charge in [-0.05, 0) is 25.7 Å². The lowest BCUT2D eigenvalue weighted by Gasteiger charge is -2.32. The van der Waals surface area contributed by atoms with Crippen molar-refractivity contribution in [3.8, 4) is 0 Å². The van der Waals surface area contributed by atoms with E-state index in [9.17, 15) is 8.42 Å². The number of aryl methyl sites for hydroxylation is 1. The number of imidazole rings is 1. The van der Waals surface area contributed by atoms with Crippen molar-refractivity contribution >= 4 is 10.0 Å². The molecule has 0 aliphatic heterocycles. The topological polar surface area (TPSA) is 90.0 Å². The van der Waals surface area contributed by atoms with Crippen LogP contribution in [0.2, 0.25) is 0 Å². The molecule has 7 heteroatoms. The van der Waals surface area contributed by atoms with Crippen LogP contribution in [-0.2, 0) is 16.6 Å². The number of nitrogens with one attached hydrogen (secondary N) is 1. The highest BCUT2D eigenvalue weighted by Crippen LogP contribution is 2.24. The highest BCUT2D eigenvalue weighted by atomic mass is 32.2. The monoisotopic (exact) mass is 258 g/mol. The average molecular weight is 258 g/mol. The van der Waals surface area contributed by atoms with Gasteiger partial charge in [0.15, 0.2) is 5.03 Å². The molecule has 1 fully saturated rings. The number of sulfonamides is 1. The zero-order valence-electron chi connectivity index (χ0n) is 9.83. The first-order valence-corrected chi connectivity index (χ1v) is 7.26. The highest BCUT2D eigenvalue weighted by molar-refractivity contribution is 7.89. The minimum Gasteiger partial charge on any atom is -0.336 e. The van der Waals surface area contributed by atoms with E-state index in [0.29, 0.717) is 19.0 Å². The summed E-state index contributed by atoms with van der Waals surface area (Å²) in [6, 6.07) is 0.240. The Hall–Kier alpha value is -0.920. The third-order valence-electron chi connectivity index (χ3n) is 3.08. The molecule has 0 unspecified atom stereocenters. The standard InChI is InChI=1S/C10H18N4O2S/c1-2-14-6-10(12-7-14)17(15,16)13-5-8-3-9(11)4-8/h6-9,13H,2-5,11H2,1H3. The van der Waals surface area contributed by atoms with Gasteiger partial charge in [0.05, 0.1) is 6.33 Å². The molecule has 3 N–H and O–H groups in total. The lowest BCUT2D eigenvalue weighted by Crippen LogP contribution is -2.42. The molecule has 6 nitrogen and oxygen atoms in total. The van der Waals surface area contributed by atoms with Gasteiger partial charge in [-0.3, -0.25) is 0 Å². The van der Waals surface area contributed by atoms with Crippen LogP contribution in [0.4, 0.5) is 0 Å². The van der Waals surface area contributed by atoms with E-state index in [2.05, 4.69) is 9.71 Å². The minimum atomic E-state index is -3.46. The van der Waals surface area contributed by atoms with Gasteiger partial charge >= 0.3 is 0 Å². The van der Waals surface area contributed by atoms with Crippen LogP contribution in [0, 0.1) is 5.92 Å². The molecule has 1 aliphatic rings. The molecule has 0 saturated heterocycles. The lowest BCUT2D eigenvalue weighted by molar-refractivity contribution is 0.267. The van der Waals surface area contributed by atoms with E-state index >= 15 is 0 Å². The Labute approximate surface area is 101 Å². The van der Waals surface area contributed by atoms with Crippen molar-refractivity contribution < 1.29 is 8.42 Å². The summed E-state index contributed by atoms with van der Waals surface area (Å²) in [5.41, 5.74) is 5.65. The van der Waals surface area contributed by atoms with Crippen LogP contribution in [0.15, 0.2) is 17.6 Å². The van der Waals surface area contributed by atoms with Crippen molar-refractivity contribution in [1.82, 2.24) is 14.3 Å². The van der Waals surface area contributed by atoms with Crippen LogP contribution in [0.5, 0.6) is 0 Å². The molecule has 0 aromatic carbocycles. The van der Waals surface area contributed by atoms with E-state index in [1.165, 1.54) is 12.5 Å². The third kappa shape index (κ3) is 2.85. The van der Waals surface area contributed by atoms with Gasteiger partial charge in [0.1, 0.15) is 0 Å². The Kier molecular flexibility index (Phi) is 3.50. The fraction of sp³-hybridized carbons (Fsp3) is 0.700. The van der Waals surface area contributed by atoms with Crippen LogP contribution in [0.25, 0.3) is 0 Å². The van der Waals surface area contributed by atoms with E-state index in [-0.39, 0.29) is 11.1 Å². The third-order valence-corrected chi connectivity index (χ3v) is 4.39. The van der Waals surface area contributed by atoms with Gasteiger partial charge in [-0.2, -0.15) is 0 Å². The number of rotatable bonds is 5. The summed E-state index contributed by atoms with van der Waals surface area (Å²) in [6.45, 7) is 3.09. The van der Waals surface area contributed by atoms with E-state index in [4.69, 9.17) is 5.73 Å². The smallest absolute Gasteiger partial charge is 0.259 e. The number of nitrogens with two attached hydrogens (primary N) is 1. The highest BCUT2D eigenvalue weighted by Gasteiger charge is 2.27. The predicted molar refractivity (Wildman–Crippen MR) is 63.8 cm³/mol. The van der Waals surface area contributed by atoms with Crippen molar-refractivity contribution in [2.45, 2.75) is 37.4 Å². The van der Waals surface area contributed by atoms with E-state index in [1.807, 2.05) is 6.92 Å². The summed E-state index contributed by atoms with van der Waals surface area (Å²) < 4.78 is 28.0. The van der Waals surface area contributed by atoms with Crippen molar-refractivity contribution in [1.29, 1.82) is 0 Å². The maximum Gasteiger partial charge on any atom is 0.259 e. The zero-order valence-corrected chi connectivity index (χ0v) is 10.7. The largest absolute Gasteiger partial charge is 0.336 e. The summed E-state index contributed by atoms with van der Waals surface area (Å²) in [5, 5.41) is 0.0861. The van der Waals surface area contributed by atoms with Crippen LogP contribution in [0.1, 0.15) is 19.8 Å². The van der Waals surface area contributed by atoms with Crippen molar-refractivity contribution in [3.63, 3.8) is 0 Å². The number of aromatic nitrogens is 2. The second-order valence-electron chi connectivity index (χ2n) is 4.49. The van der Waals surface area contributed by atoms with E-state index in [0.717, 1.165) is 12.8 Å². The molecular formula is C10H18N4O2S. The Balaban J connectivity index is 1.94. The maximum atomic E-state index is 11.9. The van der Waals surface area contributed by atoms with Crippen molar-refractivity contribution in [3.05, 3.63) is 12.5 Å². The maximum absolute atomic E-state index is 11.9. The predicted octanol–water partition coefficient (Wildman–Crippen LogP) is -0.0814. The number of hydrogen-bond donors (Lipinski definition) is 2.